The van der Waals surface area contributed by atoms with E-state index < -0.39 is 23.2 Å². The molecule has 4 rings (SSSR count). The molecule has 0 saturated heterocycles. The number of nitrogens with two attached hydrogens (primary N) is 1. The van der Waals surface area contributed by atoms with Crippen molar-refractivity contribution < 1.29 is 14.7 Å². The Labute approximate surface area is 184 Å². The summed E-state index contributed by atoms with van der Waals surface area (Å²) in [5, 5.41) is 13.0. The maximum absolute atomic E-state index is 13.2. The van der Waals surface area contributed by atoms with Crippen LogP contribution in [0.5, 0.6) is 0 Å². The zero-order valence-corrected chi connectivity index (χ0v) is 17.8. The second kappa shape index (κ2) is 7.66. The fourth-order valence-electron chi connectivity index (χ4n) is 3.62. The Bertz CT molecular complexity index is 1540. The monoisotopic (exact) mass is 459 g/mol. The molecule has 1 amide bonds. The van der Waals surface area contributed by atoms with Gasteiger partial charge in [0.25, 0.3) is 5.56 Å². The number of carbonyl (C=O) groups excluding carboxylic acids is 1. The highest BCUT2D eigenvalue weighted by Gasteiger charge is 2.22. The fraction of sp³-hybridized carbons (Fsp3) is 0.211. The molecular weight excluding hydrogens is 442 g/mol. The highest BCUT2D eigenvalue weighted by atomic mass is 35.5. The number of aryl methyl sites for hydroxylation is 2. The van der Waals surface area contributed by atoms with E-state index >= 15 is 0 Å². The summed E-state index contributed by atoms with van der Waals surface area (Å²) in [5.74, 6) is -0.469. The van der Waals surface area contributed by atoms with Gasteiger partial charge in [-0.15, -0.1) is 0 Å². The standard InChI is InChI=1S/C19H18ClN7O5/c1-24-14-15(23-17(24)22-13(28)7-21)25(2)18(30)26(16(14)29)8-9-6-10-11(20)4-3-5-12(10)27(9)19(31)32/h3-6H,7-8,21H2,1-2H3,(H,31,32)(H,22,23,28). The summed E-state index contributed by atoms with van der Waals surface area (Å²) >= 11 is 6.20. The van der Waals surface area contributed by atoms with Gasteiger partial charge in [-0.25, -0.2) is 14.2 Å². The van der Waals surface area contributed by atoms with Crippen molar-refractivity contribution in [3.05, 3.63) is 55.8 Å². The van der Waals surface area contributed by atoms with Crippen LogP contribution in [0.25, 0.3) is 22.1 Å². The zero-order valence-electron chi connectivity index (χ0n) is 17.0. The van der Waals surface area contributed by atoms with Crippen molar-refractivity contribution in [2.24, 2.45) is 19.8 Å². The molecule has 4 N–H and O–H groups in total. The minimum Gasteiger partial charge on any atom is -0.464 e. The molecule has 32 heavy (non-hydrogen) atoms. The van der Waals surface area contributed by atoms with Gasteiger partial charge in [0, 0.05) is 24.5 Å². The Morgan fingerprint density at radius 3 is 2.59 bits per heavy atom. The summed E-state index contributed by atoms with van der Waals surface area (Å²) in [6.07, 6.45) is -1.28. The van der Waals surface area contributed by atoms with Crippen LogP contribution < -0.4 is 22.3 Å². The number of amides is 1. The Kier molecular flexibility index (Phi) is 5.11. The minimum absolute atomic E-state index is 0.0479. The van der Waals surface area contributed by atoms with Crippen molar-refractivity contribution in [2.75, 3.05) is 11.9 Å². The topological polar surface area (TPSA) is 159 Å². The summed E-state index contributed by atoms with van der Waals surface area (Å²) < 4.78 is 4.37. The summed E-state index contributed by atoms with van der Waals surface area (Å²) in [7, 11) is 2.93. The summed E-state index contributed by atoms with van der Waals surface area (Å²) in [5.41, 5.74) is 4.54. The summed E-state index contributed by atoms with van der Waals surface area (Å²) in [4.78, 5) is 53.9. The predicted molar refractivity (Wildman–Crippen MR) is 117 cm³/mol. The van der Waals surface area contributed by atoms with E-state index in [2.05, 4.69) is 10.3 Å². The lowest BCUT2D eigenvalue weighted by Crippen LogP contribution is -2.40. The van der Waals surface area contributed by atoms with Crippen molar-refractivity contribution in [1.82, 2.24) is 23.3 Å². The number of halogens is 1. The number of rotatable bonds is 4. The van der Waals surface area contributed by atoms with E-state index in [-0.39, 0.29) is 35.9 Å². The lowest BCUT2D eigenvalue weighted by Gasteiger charge is -2.10. The van der Waals surface area contributed by atoms with Crippen molar-refractivity contribution in [1.29, 1.82) is 0 Å². The van der Waals surface area contributed by atoms with E-state index in [1.54, 1.807) is 18.2 Å². The van der Waals surface area contributed by atoms with Crippen LogP contribution in [0.1, 0.15) is 5.69 Å². The number of nitrogens with one attached hydrogen (secondary N) is 1. The molecule has 3 heterocycles. The number of carboxylic acid groups (broad SMARTS) is 1. The molecular formula is C19H18ClN7O5. The number of aromatic nitrogens is 5. The van der Waals surface area contributed by atoms with Gasteiger partial charge in [-0.05, 0) is 18.2 Å². The van der Waals surface area contributed by atoms with E-state index in [0.29, 0.717) is 15.9 Å². The van der Waals surface area contributed by atoms with Gasteiger partial charge in [0.1, 0.15) is 0 Å². The molecule has 0 fully saturated rings. The maximum Gasteiger partial charge on any atom is 0.416 e. The molecule has 4 aromatic rings. The van der Waals surface area contributed by atoms with Crippen molar-refractivity contribution in [3.8, 4) is 0 Å². The Morgan fingerprint density at radius 2 is 1.94 bits per heavy atom. The molecule has 166 valence electrons. The van der Waals surface area contributed by atoms with Crippen LogP contribution in [-0.4, -0.2) is 46.9 Å². The predicted octanol–water partition coefficient (Wildman–Crippen LogP) is 0.513. The molecule has 12 nitrogen and oxygen atoms in total. The van der Waals surface area contributed by atoms with Gasteiger partial charge >= 0.3 is 11.8 Å². The third kappa shape index (κ3) is 3.16. The van der Waals surface area contributed by atoms with E-state index in [4.69, 9.17) is 17.3 Å². The number of hydrogen-bond donors (Lipinski definition) is 3. The van der Waals surface area contributed by atoms with Crippen molar-refractivity contribution in [3.63, 3.8) is 0 Å². The smallest absolute Gasteiger partial charge is 0.416 e. The number of hydrogen-bond acceptors (Lipinski definition) is 6. The van der Waals surface area contributed by atoms with Crippen LogP contribution in [0.3, 0.4) is 0 Å². The zero-order chi connectivity index (χ0) is 23.3. The molecule has 0 aliphatic carbocycles. The Hall–Kier alpha value is -3.90. The molecule has 0 bridgehead atoms. The van der Waals surface area contributed by atoms with Gasteiger partial charge < -0.3 is 15.4 Å². The SMILES string of the molecule is Cn1c(NC(=O)CN)nc2c1c(=O)n(Cc1cc3c(Cl)cccc3n1C(=O)O)c(=O)n2C. The number of carbonyl (C=O) groups is 2. The van der Waals surface area contributed by atoms with Gasteiger partial charge in [-0.3, -0.25) is 24.0 Å². The molecule has 0 radical (unpaired) electrons. The first-order chi connectivity index (χ1) is 15.1. The molecule has 1 aromatic carbocycles. The average Bonchev–Trinajstić information content (AvgIpc) is 3.28. The van der Waals surface area contributed by atoms with E-state index in [1.807, 2.05) is 0 Å². The lowest BCUT2D eigenvalue weighted by atomic mass is 10.2. The molecule has 0 aliphatic rings. The largest absolute Gasteiger partial charge is 0.464 e. The minimum atomic E-state index is -1.28. The molecule has 0 unspecified atom stereocenters. The average molecular weight is 460 g/mol. The van der Waals surface area contributed by atoms with Gasteiger partial charge in [-0.2, -0.15) is 4.98 Å². The number of anilines is 1. The maximum atomic E-state index is 13.2. The number of fused-ring (bicyclic) bond motifs is 2. The van der Waals surface area contributed by atoms with Crippen molar-refractivity contribution in [2.45, 2.75) is 6.54 Å². The third-order valence-electron chi connectivity index (χ3n) is 5.18. The van der Waals surface area contributed by atoms with Crippen LogP contribution in [0.2, 0.25) is 5.02 Å². The van der Waals surface area contributed by atoms with E-state index in [1.165, 1.54) is 24.7 Å². The van der Waals surface area contributed by atoms with E-state index in [9.17, 15) is 24.3 Å². The quantitative estimate of drug-likeness (QED) is 0.401. The fourth-order valence-corrected chi connectivity index (χ4v) is 3.85. The van der Waals surface area contributed by atoms with E-state index in [0.717, 1.165) is 13.7 Å². The second-order valence-corrected chi connectivity index (χ2v) is 7.49. The van der Waals surface area contributed by atoms with Gasteiger partial charge in [0.2, 0.25) is 11.9 Å². The summed E-state index contributed by atoms with van der Waals surface area (Å²) in [6, 6.07) is 6.33. The van der Waals surface area contributed by atoms with Crippen LogP contribution in [-0.2, 0) is 25.4 Å². The number of imidazole rings is 1. The number of benzene rings is 1. The lowest BCUT2D eigenvalue weighted by molar-refractivity contribution is -0.115. The molecule has 13 heteroatoms. The molecule has 0 spiro atoms. The first-order valence-electron chi connectivity index (χ1n) is 9.34. The summed E-state index contributed by atoms with van der Waals surface area (Å²) in [6.45, 7) is -0.608. The molecule has 3 aromatic heterocycles. The molecule has 0 atom stereocenters. The van der Waals surface area contributed by atoms with Crippen molar-refractivity contribution >= 4 is 51.6 Å². The van der Waals surface area contributed by atoms with Gasteiger partial charge in [0.15, 0.2) is 11.2 Å². The van der Waals surface area contributed by atoms with Gasteiger partial charge in [0.05, 0.1) is 24.3 Å². The third-order valence-corrected chi connectivity index (χ3v) is 5.51. The Morgan fingerprint density at radius 1 is 1.22 bits per heavy atom. The normalized spacial score (nSPS) is 11.4. The highest BCUT2D eigenvalue weighted by Crippen LogP contribution is 2.27. The second-order valence-electron chi connectivity index (χ2n) is 7.08. The molecule has 0 aliphatic heterocycles. The Balaban J connectivity index is 1.94. The first-order valence-corrected chi connectivity index (χ1v) is 9.71. The first kappa shape index (κ1) is 21.3. The van der Waals surface area contributed by atoms with Crippen LogP contribution in [0.4, 0.5) is 10.7 Å². The van der Waals surface area contributed by atoms with Crippen LogP contribution in [0, 0.1) is 0 Å². The highest BCUT2D eigenvalue weighted by molar-refractivity contribution is 6.35. The van der Waals surface area contributed by atoms with Crippen LogP contribution >= 0.6 is 11.6 Å². The number of nitrogens with zero attached hydrogens (tertiary/aromatic N) is 5. The molecule has 0 saturated carbocycles. The van der Waals surface area contributed by atoms with Gasteiger partial charge in [-0.1, -0.05) is 17.7 Å². The van der Waals surface area contributed by atoms with Crippen LogP contribution in [0.15, 0.2) is 33.9 Å².